The van der Waals surface area contributed by atoms with E-state index < -0.39 is 6.10 Å². The number of aliphatic hydroxyl groups excluding tert-OH is 1. The highest BCUT2D eigenvalue weighted by atomic mass is 79.9. The van der Waals surface area contributed by atoms with Gasteiger partial charge >= 0.3 is 6.09 Å². The Morgan fingerprint density at radius 1 is 1.29 bits per heavy atom. The maximum absolute atomic E-state index is 11.7. The summed E-state index contributed by atoms with van der Waals surface area (Å²) < 4.78 is 12.5. The van der Waals surface area contributed by atoms with E-state index >= 15 is 0 Å². The van der Waals surface area contributed by atoms with Crippen molar-refractivity contribution >= 4 is 38.0 Å². The van der Waals surface area contributed by atoms with Crippen molar-refractivity contribution in [1.29, 1.82) is 0 Å². The molecule has 0 aliphatic carbocycles. The summed E-state index contributed by atoms with van der Waals surface area (Å²) in [6, 6.07) is 5.64. The number of hydrogen-bond acceptors (Lipinski definition) is 5. The van der Waals surface area contributed by atoms with Gasteiger partial charge in [-0.05, 0) is 41.1 Å². The van der Waals surface area contributed by atoms with Gasteiger partial charge in [0.2, 0.25) is 0 Å². The number of piperazine rings is 1. The zero-order valence-corrected chi connectivity index (χ0v) is 16.8. The van der Waals surface area contributed by atoms with Crippen molar-refractivity contribution in [2.75, 3.05) is 45.9 Å². The Morgan fingerprint density at radius 2 is 2.00 bits per heavy atom. The minimum absolute atomic E-state index is 0.221. The first-order chi connectivity index (χ1) is 11.5. The lowest BCUT2D eigenvalue weighted by molar-refractivity contribution is 0.0406. The van der Waals surface area contributed by atoms with Gasteiger partial charge in [-0.3, -0.25) is 4.90 Å². The zero-order valence-electron chi connectivity index (χ0n) is 13.6. The molecule has 24 heavy (non-hydrogen) atoms. The van der Waals surface area contributed by atoms with E-state index in [1.54, 1.807) is 11.8 Å². The third-order valence-electron chi connectivity index (χ3n) is 3.69. The van der Waals surface area contributed by atoms with Gasteiger partial charge in [0.05, 0.1) is 11.1 Å². The van der Waals surface area contributed by atoms with Crippen LogP contribution in [0.4, 0.5) is 4.79 Å². The molecule has 8 heteroatoms. The van der Waals surface area contributed by atoms with Crippen molar-refractivity contribution in [3.8, 4) is 5.75 Å². The van der Waals surface area contributed by atoms with Gasteiger partial charge < -0.3 is 19.5 Å². The Kier molecular flexibility index (Phi) is 7.80. The fraction of sp³-hybridized carbons (Fsp3) is 0.562. The molecule has 1 unspecified atom stereocenters. The van der Waals surface area contributed by atoms with Crippen LogP contribution >= 0.6 is 31.9 Å². The molecule has 0 bridgehead atoms. The van der Waals surface area contributed by atoms with E-state index in [1.807, 2.05) is 18.2 Å². The Balaban J connectivity index is 1.71. The van der Waals surface area contributed by atoms with E-state index in [9.17, 15) is 9.90 Å². The second-order valence-electron chi connectivity index (χ2n) is 5.53. The largest absolute Gasteiger partial charge is 0.490 e. The molecule has 1 aromatic rings. The summed E-state index contributed by atoms with van der Waals surface area (Å²) in [5.41, 5.74) is 0. The highest BCUT2D eigenvalue weighted by Gasteiger charge is 2.23. The lowest BCUT2D eigenvalue weighted by atomic mass is 10.2. The number of halogens is 2. The molecule has 2 rings (SSSR count). The third-order valence-corrected chi connectivity index (χ3v) is 4.81. The molecule has 134 valence electrons. The van der Waals surface area contributed by atoms with Gasteiger partial charge in [0.25, 0.3) is 0 Å². The minimum atomic E-state index is -0.588. The standard InChI is InChI=1S/C16H22Br2N2O4/c1-2-23-16(22)20-7-5-19(6-8-20)10-13(21)11-24-15-4-3-12(17)9-14(15)18/h3-4,9,13,21H,2,5-8,10-11H2,1H3. The molecule has 1 aliphatic rings. The van der Waals surface area contributed by atoms with Gasteiger partial charge in [-0.1, -0.05) is 15.9 Å². The number of amides is 1. The maximum atomic E-state index is 11.7. The normalized spacial score (nSPS) is 16.8. The van der Waals surface area contributed by atoms with Crippen LogP contribution in [0.15, 0.2) is 27.1 Å². The third kappa shape index (κ3) is 5.91. The van der Waals surface area contributed by atoms with Crippen LogP contribution in [0.3, 0.4) is 0 Å². The highest BCUT2D eigenvalue weighted by Crippen LogP contribution is 2.28. The number of aliphatic hydroxyl groups is 1. The van der Waals surface area contributed by atoms with E-state index in [1.165, 1.54) is 0 Å². The average Bonchev–Trinajstić information content (AvgIpc) is 2.55. The Hall–Kier alpha value is -0.830. The van der Waals surface area contributed by atoms with Crippen molar-refractivity contribution in [1.82, 2.24) is 9.80 Å². The molecule has 1 atom stereocenters. The first kappa shape index (κ1) is 19.5. The van der Waals surface area contributed by atoms with Crippen molar-refractivity contribution in [2.45, 2.75) is 13.0 Å². The summed E-state index contributed by atoms with van der Waals surface area (Å²) in [4.78, 5) is 15.5. The second kappa shape index (κ2) is 9.60. The molecule has 0 saturated carbocycles. The zero-order chi connectivity index (χ0) is 17.5. The molecule has 6 nitrogen and oxygen atoms in total. The summed E-state index contributed by atoms with van der Waals surface area (Å²) in [5.74, 6) is 0.699. The Morgan fingerprint density at radius 3 is 2.62 bits per heavy atom. The summed E-state index contributed by atoms with van der Waals surface area (Å²) in [6.07, 6.45) is -0.851. The molecular formula is C16H22Br2N2O4. The number of nitrogens with zero attached hydrogens (tertiary/aromatic N) is 2. The van der Waals surface area contributed by atoms with Gasteiger partial charge in [0, 0.05) is 37.2 Å². The van der Waals surface area contributed by atoms with Crippen molar-refractivity contribution < 1.29 is 19.4 Å². The Bertz CT molecular complexity index is 551. The first-order valence-electron chi connectivity index (χ1n) is 7.89. The van der Waals surface area contributed by atoms with Crippen LogP contribution in [-0.2, 0) is 4.74 Å². The smallest absolute Gasteiger partial charge is 0.409 e. The van der Waals surface area contributed by atoms with E-state index in [0.717, 1.165) is 22.0 Å². The highest BCUT2D eigenvalue weighted by molar-refractivity contribution is 9.11. The molecule has 0 spiro atoms. The number of rotatable bonds is 6. The van der Waals surface area contributed by atoms with Gasteiger partial charge in [-0.25, -0.2) is 4.79 Å². The van der Waals surface area contributed by atoms with Crippen LogP contribution in [0.1, 0.15) is 6.92 Å². The van der Waals surface area contributed by atoms with Gasteiger partial charge in [0.1, 0.15) is 18.5 Å². The summed E-state index contributed by atoms with van der Waals surface area (Å²) in [5, 5.41) is 10.2. The van der Waals surface area contributed by atoms with Crippen LogP contribution < -0.4 is 4.74 Å². The van der Waals surface area contributed by atoms with Crippen LogP contribution in [0.2, 0.25) is 0 Å². The molecule has 0 radical (unpaired) electrons. The van der Waals surface area contributed by atoms with Gasteiger partial charge in [0.15, 0.2) is 0 Å². The molecule has 1 aromatic carbocycles. The average molecular weight is 466 g/mol. The molecule has 1 heterocycles. The first-order valence-corrected chi connectivity index (χ1v) is 9.48. The van der Waals surface area contributed by atoms with Gasteiger partial charge in [-0.15, -0.1) is 0 Å². The second-order valence-corrected chi connectivity index (χ2v) is 7.30. The summed E-state index contributed by atoms with van der Waals surface area (Å²) >= 11 is 6.82. The monoisotopic (exact) mass is 464 g/mol. The molecule has 1 fully saturated rings. The minimum Gasteiger partial charge on any atom is -0.490 e. The SMILES string of the molecule is CCOC(=O)N1CCN(CC(O)COc2ccc(Br)cc2Br)CC1. The number of benzene rings is 1. The van der Waals surface area contributed by atoms with Crippen molar-refractivity contribution in [3.05, 3.63) is 27.1 Å². The molecule has 1 aliphatic heterocycles. The number of carbonyl (C=O) groups is 1. The lowest BCUT2D eigenvalue weighted by Crippen LogP contribution is -2.51. The summed E-state index contributed by atoms with van der Waals surface area (Å²) in [6.45, 7) is 5.60. The number of hydrogen-bond donors (Lipinski definition) is 1. The molecule has 1 N–H and O–H groups in total. The van der Waals surface area contributed by atoms with Crippen LogP contribution in [0.5, 0.6) is 5.75 Å². The molecule has 1 saturated heterocycles. The fourth-order valence-electron chi connectivity index (χ4n) is 2.46. The van der Waals surface area contributed by atoms with Gasteiger partial charge in [-0.2, -0.15) is 0 Å². The predicted octanol–water partition coefficient (Wildman–Crippen LogP) is 2.73. The van der Waals surface area contributed by atoms with E-state index in [4.69, 9.17) is 9.47 Å². The van der Waals surface area contributed by atoms with Crippen molar-refractivity contribution in [3.63, 3.8) is 0 Å². The number of carbonyl (C=O) groups excluding carboxylic acids is 1. The van der Waals surface area contributed by atoms with Crippen LogP contribution in [0, 0.1) is 0 Å². The topological polar surface area (TPSA) is 62.2 Å². The van der Waals surface area contributed by atoms with Crippen molar-refractivity contribution in [2.24, 2.45) is 0 Å². The van der Waals surface area contributed by atoms with E-state index in [-0.39, 0.29) is 12.7 Å². The molecular weight excluding hydrogens is 444 g/mol. The summed E-state index contributed by atoms with van der Waals surface area (Å²) in [7, 11) is 0. The van der Waals surface area contributed by atoms with E-state index in [2.05, 4.69) is 36.8 Å². The lowest BCUT2D eigenvalue weighted by Gasteiger charge is -2.34. The fourth-order valence-corrected chi connectivity index (χ4v) is 3.62. The maximum Gasteiger partial charge on any atom is 0.409 e. The van der Waals surface area contributed by atoms with Crippen LogP contribution in [0.25, 0.3) is 0 Å². The van der Waals surface area contributed by atoms with Crippen LogP contribution in [-0.4, -0.2) is 73.0 Å². The number of β-amino-alcohol motifs (C(OH)–C–C–N with tert-alkyl or cyclic N) is 1. The Labute approximate surface area is 159 Å². The number of ether oxygens (including phenoxy) is 2. The quantitative estimate of drug-likeness (QED) is 0.699. The van der Waals surface area contributed by atoms with E-state index in [0.29, 0.717) is 32.0 Å². The predicted molar refractivity (Wildman–Crippen MR) is 98.4 cm³/mol. The molecule has 1 amide bonds. The molecule has 0 aromatic heterocycles.